The maximum atomic E-state index is 4.34. The van der Waals surface area contributed by atoms with E-state index in [-0.39, 0.29) is 0 Å². The minimum Gasteiger partial charge on any atom is -0.264 e. The highest BCUT2D eigenvalue weighted by Crippen LogP contribution is 2.17. The Hall–Kier alpha value is -7.22. The van der Waals surface area contributed by atoms with E-state index in [4.69, 9.17) is 0 Å². The van der Waals surface area contributed by atoms with Crippen LogP contribution >= 0.6 is 0 Å². The van der Waals surface area contributed by atoms with Crippen LogP contribution in [0.3, 0.4) is 0 Å². The first-order chi connectivity index (χ1) is 35.2. The van der Waals surface area contributed by atoms with Crippen LogP contribution in [0.2, 0.25) is 0 Å². The fourth-order valence-electron chi connectivity index (χ4n) is 5.47. The summed E-state index contributed by atoms with van der Waals surface area (Å²) in [6.45, 7) is 40.0. The lowest BCUT2D eigenvalue weighted by Crippen LogP contribution is -2.31. The molecule has 8 heterocycles. The summed E-state index contributed by atoms with van der Waals surface area (Å²) in [4.78, 5) is 41.9. The Balaban J connectivity index is -0.000000391. The normalized spacial score (nSPS) is 8.56. The summed E-state index contributed by atoms with van der Waals surface area (Å²) >= 11 is 0. The third-order valence-electron chi connectivity index (χ3n) is 8.48. The van der Waals surface area contributed by atoms with Crippen LogP contribution in [0.25, 0.3) is 45.7 Å². The Morgan fingerprint density at radius 1 is 0.306 bits per heavy atom. The highest BCUT2D eigenvalue weighted by molar-refractivity contribution is 5.56. The van der Waals surface area contributed by atoms with Gasteiger partial charge in [-0.05, 0) is 71.4 Å². The molecular formula is C58H94N14+4. The van der Waals surface area contributed by atoms with E-state index in [1.807, 2.05) is 258 Å². The second kappa shape index (κ2) is 47.5. The van der Waals surface area contributed by atoms with Crippen LogP contribution in [-0.4, -0.2) is 49.8 Å². The van der Waals surface area contributed by atoms with E-state index in [1.54, 1.807) is 55.9 Å². The Morgan fingerprint density at radius 2 is 0.667 bits per heavy atom. The van der Waals surface area contributed by atoms with E-state index in [1.165, 1.54) is 6.33 Å². The largest absolute Gasteiger partial charge is 0.348 e. The number of nitrogens with zero attached hydrogens (tertiary/aromatic N) is 14. The summed E-state index contributed by atoms with van der Waals surface area (Å²) in [7, 11) is 7.87. The van der Waals surface area contributed by atoms with Crippen molar-refractivity contribution in [3.8, 4) is 45.7 Å². The van der Waals surface area contributed by atoms with Gasteiger partial charge in [-0.15, -0.1) is 0 Å². The Labute approximate surface area is 437 Å². The third-order valence-corrected chi connectivity index (χ3v) is 8.48. The summed E-state index contributed by atoms with van der Waals surface area (Å²) in [5.41, 5.74) is 8.16. The number of hydrogen-bond donors (Lipinski definition) is 0. The van der Waals surface area contributed by atoms with Gasteiger partial charge in [0.25, 0.3) is 0 Å². The SMILES string of the molecule is CC.CC.CC.CC.CC.CC.CC.CC.Cc1cnccc1-c1nccc[n+]1C.Cc1cncnc1-c1nccc[n+]1C.Cc1ncccc1-c1nccc[n+]1C.Cc1ncncc1-c1nccc[n+]1C. The maximum absolute atomic E-state index is 4.34. The molecule has 0 aliphatic rings. The smallest absolute Gasteiger partial charge is 0.264 e. The maximum Gasteiger partial charge on any atom is 0.348 e. The van der Waals surface area contributed by atoms with Crippen LogP contribution in [0.4, 0.5) is 0 Å². The van der Waals surface area contributed by atoms with Crippen molar-refractivity contribution in [1.29, 1.82) is 0 Å². The number of hydrogen-bond acceptors (Lipinski definition) is 10. The van der Waals surface area contributed by atoms with Crippen molar-refractivity contribution >= 4 is 0 Å². The first-order valence-electron chi connectivity index (χ1n) is 25.7. The molecule has 14 nitrogen and oxygen atoms in total. The molecule has 0 saturated heterocycles. The van der Waals surface area contributed by atoms with Crippen molar-refractivity contribution in [2.45, 2.75) is 138 Å². The van der Waals surface area contributed by atoms with E-state index in [0.717, 1.165) is 68.2 Å². The number of pyridine rings is 2. The number of aromatic nitrogens is 14. The molecule has 0 fully saturated rings. The average Bonchev–Trinajstić information content (AvgIpc) is 3.45. The predicted molar refractivity (Wildman–Crippen MR) is 300 cm³/mol. The van der Waals surface area contributed by atoms with Gasteiger partial charge in [-0.1, -0.05) is 111 Å². The van der Waals surface area contributed by atoms with Gasteiger partial charge in [-0.3, -0.25) is 9.97 Å². The van der Waals surface area contributed by atoms with Gasteiger partial charge in [0.15, 0.2) is 5.69 Å². The summed E-state index contributed by atoms with van der Waals surface area (Å²) in [5, 5.41) is 0. The molecule has 0 unspecified atom stereocenters. The van der Waals surface area contributed by atoms with Crippen molar-refractivity contribution in [2.75, 3.05) is 0 Å². The zero-order valence-electron chi connectivity index (χ0n) is 49.0. The molecule has 8 aromatic heterocycles. The molecule has 14 heteroatoms. The average molecular weight is 987 g/mol. The minimum atomic E-state index is 0.854. The van der Waals surface area contributed by atoms with E-state index in [2.05, 4.69) is 49.8 Å². The standard InChI is InChI=1S/2C11H12N3.2C10H11N4.8C2H6/c1-9-8-12-6-4-10(9)11-13-5-3-7-14(11)2;1-9-10(5-3-6-12-9)11-13-7-4-8-14(11)2;1-8-9(6-11-7-13-8)10-12-4-3-5-14(10)2;1-8-6-11-7-13-9(8)10-12-4-3-5-14(10)2;8*1-2/h2*3-8H,1-2H3;2*3-7H,1-2H3;8*1-2H3/q4*+1;;;;;;;;. The van der Waals surface area contributed by atoms with Gasteiger partial charge in [0, 0.05) is 60.8 Å². The van der Waals surface area contributed by atoms with Crippen LogP contribution in [0, 0.1) is 27.7 Å². The van der Waals surface area contributed by atoms with Crippen molar-refractivity contribution in [3.05, 3.63) is 158 Å². The second-order valence-electron chi connectivity index (χ2n) is 12.6. The van der Waals surface area contributed by atoms with Crippen LogP contribution in [-0.2, 0) is 28.2 Å². The molecule has 72 heavy (non-hydrogen) atoms. The van der Waals surface area contributed by atoms with Gasteiger partial charge in [0.1, 0.15) is 43.0 Å². The molecule has 392 valence electrons. The van der Waals surface area contributed by atoms with Crippen molar-refractivity contribution < 1.29 is 18.3 Å². The molecule has 0 amide bonds. The number of rotatable bonds is 4. The van der Waals surface area contributed by atoms with Gasteiger partial charge in [0.05, 0.1) is 75.5 Å². The highest BCUT2D eigenvalue weighted by atomic mass is 15.0. The molecule has 0 atom stereocenters. The number of aryl methyl sites for hydroxylation is 8. The van der Waals surface area contributed by atoms with E-state index in [9.17, 15) is 0 Å². The first kappa shape index (κ1) is 71.3. The topological polar surface area (TPSA) is 144 Å². The Kier molecular flexibility index (Phi) is 47.0. The molecule has 0 saturated carbocycles. The zero-order chi connectivity index (χ0) is 55.9. The van der Waals surface area contributed by atoms with Crippen LogP contribution in [0.15, 0.2) is 136 Å². The Bertz CT molecular complexity index is 1990. The highest BCUT2D eigenvalue weighted by Gasteiger charge is 2.17. The second-order valence-corrected chi connectivity index (χ2v) is 12.6. The van der Waals surface area contributed by atoms with Gasteiger partial charge in [0.2, 0.25) is 0 Å². The van der Waals surface area contributed by atoms with Gasteiger partial charge in [-0.25, -0.2) is 38.2 Å². The lowest BCUT2D eigenvalue weighted by molar-refractivity contribution is -0.663. The molecule has 0 N–H and O–H groups in total. The fraction of sp³-hybridized carbons (Fsp3) is 0.414. The first-order valence-corrected chi connectivity index (χ1v) is 25.7. The molecule has 0 bridgehead atoms. The summed E-state index contributed by atoms with van der Waals surface area (Å²) in [5.74, 6) is 3.64. The zero-order valence-corrected chi connectivity index (χ0v) is 49.0. The van der Waals surface area contributed by atoms with E-state index >= 15 is 0 Å². The summed E-state index contributed by atoms with van der Waals surface area (Å²) < 4.78 is 7.88. The van der Waals surface area contributed by atoms with E-state index < -0.39 is 0 Å². The third kappa shape index (κ3) is 25.6. The predicted octanol–water partition coefficient (Wildman–Crippen LogP) is 12.1. The van der Waals surface area contributed by atoms with Gasteiger partial charge < -0.3 is 0 Å². The molecular weight excluding hydrogens is 893 g/mol. The van der Waals surface area contributed by atoms with Crippen molar-refractivity contribution in [3.63, 3.8) is 0 Å². The molecule has 0 spiro atoms. The molecule has 0 aliphatic carbocycles. The van der Waals surface area contributed by atoms with E-state index in [0.29, 0.717) is 0 Å². The van der Waals surface area contributed by atoms with Crippen molar-refractivity contribution in [1.82, 2.24) is 49.8 Å². The molecule has 8 aromatic rings. The molecule has 0 aliphatic heterocycles. The fourth-order valence-corrected chi connectivity index (χ4v) is 5.47. The van der Waals surface area contributed by atoms with Gasteiger partial charge in [-0.2, -0.15) is 0 Å². The van der Waals surface area contributed by atoms with Crippen LogP contribution < -0.4 is 18.3 Å². The summed E-state index contributed by atoms with van der Waals surface area (Å²) in [6.07, 6.45) is 27.1. The summed E-state index contributed by atoms with van der Waals surface area (Å²) in [6, 6.07) is 13.6. The van der Waals surface area contributed by atoms with Crippen molar-refractivity contribution in [2.24, 2.45) is 28.2 Å². The molecule has 0 aromatic carbocycles. The van der Waals surface area contributed by atoms with Crippen LogP contribution in [0.1, 0.15) is 133 Å². The minimum absolute atomic E-state index is 0.854. The monoisotopic (exact) mass is 987 g/mol. The molecule has 0 radical (unpaired) electrons. The van der Waals surface area contributed by atoms with Crippen LogP contribution in [0.5, 0.6) is 0 Å². The quantitative estimate of drug-likeness (QED) is 0.156. The molecule has 8 rings (SSSR count). The Morgan fingerprint density at radius 3 is 1.07 bits per heavy atom. The lowest BCUT2D eigenvalue weighted by atomic mass is 10.1. The van der Waals surface area contributed by atoms with Gasteiger partial charge >= 0.3 is 23.3 Å². The lowest BCUT2D eigenvalue weighted by Gasteiger charge is -2.00.